The summed E-state index contributed by atoms with van der Waals surface area (Å²) in [5.74, 6) is -1.17. The Bertz CT molecular complexity index is 1480. The molecule has 0 saturated heterocycles. The molecular weight excluding hydrogens is 474 g/mol. The second kappa shape index (κ2) is 10.9. The highest BCUT2D eigenvalue weighted by molar-refractivity contribution is 6.08. The molecule has 1 aliphatic carbocycles. The summed E-state index contributed by atoms with van der Waals surface area (Å²) in [6.07, 6.45) is 7.38. The van der Waals surface area contributed by atoms with Gasteiger partial charge in [-0.05, 0) is 49.4 Å². The third-order valence-electron chi connectivity index (χ3n) is 7.16. The molecular formula is C28H29N3O6. The fourth-order valence-electron chi connectivity index (χ4n) is 4.98. The fourth-order valence-corrected chi connectivity index (χ4v) is 4.98. The van der Waals surface area contributed by atoms with Crippen LogP contribution in [0.3, 0.4) is 0 Å². The molecule has 1 atom stereocenters. The number of Topliss-reactive ketones (excluding diaryl/α,β-unsaturated/α-hetero) is 1. The van der Waals surface area contributed by atoms with Crippen LogP contribution in [0, 0.1) is 11.8 Å². The lowest BCUT2D eigenvalue weighted by Crippen LogP contribution is -2.27. The normalized spacial score (nSPS) is 15.1. The van der Waals surface area contributed by atoms with Crippen LogP contribution in [0.1, 0.15) is 55.3 Å². The Hall–Kier alpha value is -4.01. The number of carbonyl (C=O) groups excluding carboxylic acids is 1. The van der Waals surface area contributed by atoms with Crippen molar-refractivity contribution in [2.45, 2.75) is 51.5 Å². The van der Waals surface area contributed by atoms with E-state index in [1.54, 1.807) is 36.4 Å². The van der Waals surface area contributed by atoms with Crippen molar-refractivity contribution in [2.24, 2.45) is 11.8 Å². The summed E-state index contributed by atoms with van der Waals surface area (Å²) in [6, 6.07) is 12.2. The van der Waals surface area contributed by atoms with Crippen molar-refractivity contribution in [1.29, 1.82) is 0 Å². The number of aryl methyl sites for hydroxylation is 1. The van der Waals surface area contributed by atoms with Crippen molar-refractivity contribution in [3.8, 4) is 5.75 Å². The van der Waals surface area contributed by atoms with E-state index in [-0.39, 0.29) is 30.7 Å². The minimum absolute atomic E-state index is 0.0365. The first-order valence-corrected chi connectivity index (χ1v) is 12.7. The first kappa shape index (κ1) is 24.7. The number of carboxylic acids is 1. The number of furan rings is 1. The predicted octanol–water partition coefficient (Wildman–Crippen LogP) is 4.86. The van der Waals surface area contributed by atoms with Gasteiger partial charge in [0.1, 0.15) is 23.1 Å². The van der Waals surface area contributed by atoms with E-state index >= 15 is 0 Å². The first-order chi connectivity index (χ1) is 18.0. The average Bonchev–Trinajstić information content (AvgIpc) is 3.35. The van der Waals surface area contributed by atoms with E-state index in [0.717, 1.165) is 4.68 Å². The number of aromatic nitrogens is 3. The number of carboxylic acid groups (broad SMARTS) is 1. The Morgan fingerprint density at radius 2 is 1.92 bits per heavy atom. The van der Waals surface area contributed by atoms with Gasteiger partial charge in [-0.1, -0.05) is 36.6 Å². The summed E-state index contributed by atoms with van der Waals surface area (Å²) < 4.78 is 12.7. The van der Waals surface area contributed by atoms with Crippen LogP contribution in [-0.2, 0) is 11.3 Å². The quantitative estimate of drug-likeness (QED) is 0.304. The van der Waals surface area contributed by atoms with Crippen molar-refractivity contribution in [3.63, 3.8) is 0 Å². The SMILES string of the molecule is O=C(CC(CCn1nnc2ccccc2c1=O)C(=O)O)c1coc2cc(OCC3CCCCC3)ccc12. The first-order valence-electron chi connectivity index (χ1n) is 12.7. The number of benzene rings is 2. The molecule has 2 aromatic heterocycles. The van der Waals surface area contributed by atoms with Gasteiger partial charge in [-0.3, -0.25) is 14.4 Å². The standard InChI is InChI=1S/C28H29N3O6/c32-25(14-19(28(34)35)12-13-31-27(33)22-8-4-5-9-24(22)29-30-31)23-17-37-26-15-20(10-11-21(23)26)36-16-18-6-2-1-3-7-18/h4-5,8-11,15,17-19H,1-3,6-7,12-14,16H2,(H,34,35). The summed E-state index contributed by atoms with van der Waals surface area (Å²) in [6.45, 7) is 0.706. The van der Waals surface area contributed by atoms with E-state index in [1.807, 2.05) is 6.07 Å². The van der Waals surface area contributed by atoms with E-state index in [9.17, 15) is 19.5 Å². The number of hydrogen-bond acceptors (Lipinski definition) is 7. The van der Waals surface area contributed by atoms with Crippen molar-refractivity contribution in [1.82, 2.24) is 15.0 Å². The highest BCUT2D eigenvalue weighted by atomic mass is 16.5. The third kappa shape index (κ3) is 5.55. The molecule has 1 fully saturated rings. The van der Waals surface area contributed by atoms with E-state index in [2.05, 4.69) is 10.3 Å². The van der Waals surface area contributed by atoms with Crippen LogP contribution in [0.25, 0.3) is 21.9 Å². The molecule has 2 aromatic carbocycles. The maximum absolute atomic E-state index is 13.1. The van der Waals surface area contributed by atoms with Crippen molar-refractivity contribution in [2.75, 3.05) is 6.61 Å². The van der Waals surface area contributed by atoms with Crippen LogP contribution in [0.5, 0.6) is 5.75 Å². The molecule has 2 heterocycles. The van der Waals surface area contributed by atoms with Crippen LogP contribution >= 0.6 is 0 Å². The molecule has 0 aliphatic heterocycles. The van der Waals surface area contributed by atoms with Crippen molar-refractivity contribution in [3.05, 3.63) is 64.6 Å². The lowest BCUT2D eigenvalue weighted by atomic mass is 9.90. The third-order valence-corrected chi connectivity index (χ3v) is 7.16. The van der Waals surface area contributed by atoms with Gasteiger partial charge in [-0.2, -0.15) is 0 Å². The minimum atomic E-state index is -1.11. The molecule has 1 saturated carbocycles. The van der Waals surface area contributed by atoms with Gasteiger partial charge in [0.05, 0.1) is 23.5 Å². The molecule has 1 aliphatic rings. The summed E-state index contributed by atoms with van der Waals surface area (Å²) in [4.78, 5) is 37.6. The van der Waals surface area contributed by atoms with Gasteiger partial charge in [0, 0.05) is 24.4 Å². The van der Waals surface area contributed by atoms with E-state index in [0.29, 0.717) is 45.7 Å². The lowest BCUT2D eigenvalue weighted by Gasteiger charge is -2.21. The maximum Gasteiger partial charge on any atom is 0.307 e. The van der Waals surface area contributed by atoms with E-state index in [1.165, 1.54) is 38.4 Å². The number of nitrogens with zero attached hydrogens (tertiary/aromatic N) is 3. The molecule has 4 aromatic rings. The summed E-state index contributed by atoms with van der Waals surface area (Å²) in [7, 11) is 0. The van der Waals surface area contributed by atoms with Gasteiger partial charge in [0.15, 0.2) is 5.78 Å². The Balaban J connectivity index is 1.24. The van der Waals surface area contributed by atoms with Gasteiger partial charge in [0.25, 0.3) is 5.56 Å². The number of ether oxygens (including phenoxy) is 1. The summed E-state index contributed by atoms with van der Waals surface area (Å²) in [5, 5.41) is 18.7. The highest BCUT2D eigenvalue weighted by Gasteiger charge is 2.25. The fraction of sp³-hybridized carbons (Fsp3) is 0.393. The zero-order chi connectivity index (χ0) is 25.8. The molecule has 0 radical (unpaired) electrons. The molecule has 5 rings (SSSR count). The van der Waals surface area contributed by atoms with E-state index in [4.69, 9.17) is 9.15 Å². The Morgan fingerprint density at radius 1 is 1.11 bits per heavy atom. The van der Waals surface area contributed by atoms with Gasteiger partial charge < -0.3 is 14.3 Å². The number of hydrogen-bond donors (Lipinski definition) is 1. The number of carbonyl (C=O) groups is 2. The molecule has 37 heavy (non-hydrogen) atoms. The number of aliphatic carboxylic acids is 1. The molecule has 1 N–H and O–H groups in total. The predicted molar refractivity (Wildman–Crippen MR) is 137 cm³/mol. The monoisotopic (exact) mass is 503 g/mol. The van der Waals surface area contributed by atoms with Crippen LogP contribution in [0.15, 0.2) is 57.9 Å². The smallest absolute Gasteiger partial charge is 0.307 e. The van der Waals surface area contributed by atoms with Gasteiger partial charge in [-0.25, -0.2) is 4.68 Å². The maximum atomic E-state index is 13.1. The van der Waals surface area contributed by atoms with Gasteiger partial charge in [0.2, 0.25) is 0 Å². The zero-order valence-corrected chi connectivity index (χ0v) is 20.5. The molecule has 0 bridgehead atoms. The summed E-state index contributed by atoms with van der Waals surface area (Å²) in [5.41, 5.74) is 0.989. The molecule has 9 heteroatoms. The zero-order valence-electron chi connectivity index (χ0n) is 20.5. The summed E-state index contributed by atoms with van der Waals surface area (Å²) >= 11 is 0. The van der Waals surface area contributed by atoms with Crippen molar-refractivity contribution >= 4 is 33.6 Å². The number of ketones is 1. The Morgan fingerprint density at radius 3 is 2.73 bits per heavy atom. The average molecular weight is 504 g/mol. The van der Waals surface area contributed by atoms with E-state index < -0.39 is 11.9 Å². The molecule has 9 nitrogen and oxygen atoms in total. The second-order valence-electron chi connectivity index (χ2n) is 9.71. The number of rotatable bonds is 10. The van der Waals surface area contributed by atoms with Gasteiger partial charge >= 0.3 is 5.97 Å². The second-order valence-corrected chi connectivity index (χ2v) is 9.71. The molecule has 192 valence electrons. The highest BCUT2D eigenvalue weighted by Crippen LogP contribution is 2.29. The largest absolute Gasteiger partial charge is 0.493 e. The lowest BCUT2D eigenvalue weighted by molar-refractivity contribution is -0.142. The van der Waals surface area contributed by atoms with Gasteiger partial charge in [-0.15, -0.1) is 5.10 Å². The Labute approximate surface area is 213 Å². The number of fused-ring (bicyclic) bond motifs is 2. The van der Waals surface area contributed by atoms with Crippen molar-refractivity contribution < 1.29 is 23.8 Å². The topological polar surface area (TPSA) is 125 Å². The van der Waals surface area contributed by atoms with Crippen LogP contribution in [0.2, 0.25) is 0 Å². The van der Waals surface area contributed by atoms with Crippen LogP contribution in [0.4, 0.5) is 0 Å². The van der Waals surface area contributed by atoms with Crippen LogP contribution in [-0.4, -0.2) is 38.5 Å². The molecule has 0 amide bonds. The Kier molecular flexibility index (Phi) is 7.30. The van der Waals surface area contributed by atoms with Crippen LogP contribution < -0.4 is 10.3 Å². The molecule has 0 spiro atoms. The molecule has 1 unspecified atom stereocenters. The minimum Gasteiger partial charge on any atom is -0.493 e.